The molecule has 8 heteroatoms. The number of carbonyl (C=O) groups excluding carboxylic acids is 1. The number of ketones is 1. The van der Waals surface area contributed by atoms with Crippen molar-refractivity contribution in [1.82, 2.24) is 29.9 Å². The number of piperidine rings is 1. The van der Waals surface area contributed by atoms with Crippen molar-refractivity contribution in [1.29, 1.82) is 0 Å². The number of likely N-dealkylation sites (tertiary alicyclic amines) is 1. The maximum absolute atomic E-state index is 12.9. The molecule has 0 atom stereocenters. The minimum Gasteiger partial charge on any atom is -0.380 e. The highest BCUT2D eigenvalue weighted by atomic mass is 16.5. The summed E-state index contributed by atoms with van der Waals surface area (Å²) < 4.78 is 7.03. The van der Waals surface area contributed by atoms with Crippen LogP contribution in [0.3, 0.4) is 0 Å². The van der Waals surface area contributed by atoms with Crippen LogP contribution in [0.1, 0.15) is 25.5 Å². The third kappa shape index (κ3) is 4.36. The molecule has 0 amide bonds. The van der Waals surface area contributed by atoms with Crippen molar-refractivity contribution in [3.05, 3.63) is 36.4 Å². The highest BCUT2D eigenvalue weighted by Gasteiger charge is 2.36. The molecule has 0 spiro atoms. The smallest absolute Gasteiger partial charge is 0.142 e. The van der Waals surface area contributed by atoms with Gasteiger partial charge in [-0.3, -0.25) is 19.4 Å². The molecule has 0 unspecified atom stereocenters. The minimum absolute atomic E-state index is 0.131. The van der Waals surface area contributed by atoms with E-state index < -0.39 is 0 Å². The average molecular weight is 421 g/mol. The van der Waals surface area contributed by atoms with Crippen LogP contribution in [-0.4, -0.2) is 68.5 Å². The number of aryl methyl sites for hydroxylation is 1. The van der Waals surface area contributed by atoms with Crippen molar-refractivity contribution in [3.63, 3.8) is 0 Å². The lowest BCUT2D eigenvalue weighted by Gasteiger charge is -2.43. The van der Waals surface area contributed by atoms with E-state index in [1.54, 1.807) is 17.1 Å². The van der Waals surface area contributed by atoms with Crippen LogP contribution in [0.5, 0.6) is 0 Å². The molecule has 31 heavy (non-hydrogen) atoms. The second-order valence-corrected chi connectivity index (χ2v) is 9.37. The fourth-order valence-corrected chi connectivity index (χ4v) is 4.60. The average Bonchev–Trinajstić information content (AvgIpc) is 3.19. The molecular formula is C23H28N6O2. The Hall–Kier alpha value is -2.71. The zero-order chi connectivity index (χ0) is 21.4. The van der Waals surface area contributed by atoms with Gasteiger partial charge in [0.15, 0.2) is 0 Å². The molecule has 0 aliphatic carbocycles. The Kier molecular flexibility index (Phi) is 5.27. The van der Waals surface area contributed by atoms with E-state index in [-0.39, 0.29) is 5.92 Å². The first-order valence-corrected chi connectivity index (χ1v) is 10.9. The third-order valence-electron chi connectivity index (χ3n) is 6.43. The molecule has 162 valence electrons. The lowest BCUT2D eigenvalue weighted by molar-refractivity contribution is -0.127. The molecule has 0 N–H and O–H groups in total. The van der Waals surface area contributed by atoms with Gasteiger partial charge < -0.3 is 9.64 Å². The van der Waals surface area contributed by atoms with Crippen molar-refractivity contribution < 1.29 is 9.53 Å². The molecular weight excluding hydrogens is 392 g/mol. The maximum atomic E-state index is 12.9. The molecule has 0 aromatic carbocycles. The molecule has 5 rings (SSSR count). The molecule has 0 saturated carbocycles. The highest BCUT2D eigenvalue weighted by Crippen LogP contribution is 2.30. The van der Waals surface area contributed by atoms with Gasteiger partial charge in [0, 0.05) is 54.8 Å². The van der Waals surface area contributed by atoms with Gasteiger partial charge >= 0.3 is 0 Å². The van der Waals surface area contributed by atoms with E-state index in [4.69, 9.17) is 4.74 Å². The third-order valence-corrected chi connectivity index (χ3v) is 6.43. The van der Waals surface area contributed by atoms with Gasteiger partial charge in [-0.1, -0.05) is 12.1 Å². The summed E-state index contributed by atoms with van der Waals surface area (Å²) in [4.78, 5) is 24.4. The van der Waals surface area contributed by atoms with E-state index in [1.807, 2.05) is 25.4 Å². The molecule has 2 fully saturated rings. The topological polar surface area (TPSA) is 86.0 Å². The second kappa shape index (κ2) is 8.09. The zero-order valence-corrected chi connectivity index (χ0v) is 18.1. The summed E-state index contributed by atoms with van der Waals surface area (Å²) in [6, 6.07) is 3.99. The van der Waals surface area contributed by atoms with Crippen LogP contribution in [-0.2, 0) is 23.0 Å². The summed E-state index contributed by atoms with van der Waals surface area (Å²) in [5.41, 5.74) is 2.61. The number of Topliss-reactive ketones (excluding diaryl/α,β-unsaturated/α-hetero) is 1. The van der Waals surface area contributed by atoms with E-state index in [0.29, 0.717) is 17.6 Å². The lowest BCUT2D eigenvalue weighted by Crippen LogP contribution is -2.50. The Labute approximate surface area is 181 Å². The number of pyridine rings is 2. The van der Waals surface area contributed by atoms with E-state index in [0.717, 1.165) is 73.5 Å². The fraction of sp³-hybridized carbons (Fsp3) is 0.522. The first-order valence-electron chi connectivity index (χ1n) is 10.9. The Morgan fingerprint density at radius 3 is 2.58 bits per heavy atom. The summed E-state index contributed by atoms with van der Waals surface area (Å²) in [6.45, 7) is 7.04. The Bertz CT molecular complexity index is 1100. The summed E-state index contributed by atoms with van der Waals surface area (Å²) in [5.74, 6) is 0.430. The molecule has 2 aliphatic rings. The highest BCUT2D eigenvalue weighted by molar-refractivity contribution is 5.87. The van der Waals surface area contributed by atoms with Crippen LogP contribution in [0.4, 0.5) is 0 Å². The van der Waals surface area contributed by atoms with Crippen molar-refractivity contribution >= 4 is 16.6 Å². The van der Waals surface area contributed by atoms with Gasteiger partial charge in [0.25, 0.3) is 0 Å². The van der Waals surface area contributed by atoms with E-state index in [2.05, 4.69) is 32.1 Å². The normalized spacial score (nSPS) is 19.4. The van der Waals surface area contributed by atoms with E-state index in [9.17, 15) is 4.79 Å². The standard InChI is InChI=1S/C23H28N6O2/c1-23(14-31-15-23)13-29-5-3-16(4-6-29)22(30)9-19-7-17-8-20(21-12-28(2)27-26-21)25-11-18(17)10-24-19/h7-8,10-12,16H,3-6,9,13-15H2,1-2H3. The van der Waals surface area contributed by atoms with Crippen LogP contribution in [0.2, 0.25) is 0 Å². The first-order chi connectivity index (χ1) is 15.0. The number of aromatic nitrogens is 5. The van der Waals surface area contributed by atoms with Crippen LogP contribution in [0.25, 0.3) is 22.2 Å². The van der Waals surface area contributed by atoms with Gasteiger partial charge in [0.2, 0.25) is 0 Å². The largest absolute Gasteiger partial charge is 0.380 e. The molecule has 8 nitrogen and oxygen atoms in total. The fourth-order valence-electron chi connectivity index (χ4n) is 4.60. The van der Waals surface area contributed by atoms with Crippen LogP contribution >= 0.6 is 0 Å². The lowest BCUT2D eigenvalue weighted by atomic mass is 9.85. The van der Waals surface area contributed by atoms with Crippen LogP contribution in [0.15, 0.2) is 30.7 Å². The van der Waals surface area contributed by atoms with Gasteiger partial charge in [0.1, 0.15) is 11.5 Å². The predicted molar refractivity (Wildman–Crippen MR) is 116 cm³/mol. The minimum atomic E-state index is 0.131. The maximum Gasteiger partial charge on any atom is 0.142 e. The van der Waals surface area contributed by atoms with Gasteiger partial charge in [-0.05, 0) is 43.5 Å². The molecule has 5 heterocycles. The van der Waals surface area contributed by atoms with Gasteiger partial charge in [-0.15, -0.1) is 5.10 Å². The molecule has 3 aromatic rings. The monoisotopic (exact) mass is 420 g/mol. The van der Waals surface area contributed by atoms with Crippen molar-refractivity contribution in [2.45, 2.75) is 26.2 Å². The number of fused-ring (bicyclic) bond motifs is 1. The summed E-state index contributed by atoms with van der Waals surface area (Å²) in [6.07, 6.45) is 7.68. The Morgan fingerprint density at radius 1 is 1.13 bits per heavy atom. The Morgan fingerprint density at radius 2 is 1.90 bits per heavy atom. The van der Waals surface area contributed by atoms with E-state index >= 15 is 0 Å². The SMILES string of the molecule is Cn1cc(-c2cc3cc(CC(=O)C4CCN(CC5(C)COC5)CC4)ncc3cn2)nn1. The first kappa shape index (κ1) is 20.2. The number of nitrogens with zero attached hydrogens (tertiary/aromatic N) is 6. The molecule has 2 saturated heterocycles. The Balaban J connectivity index is 1.23. The van der Waals surface area contributed by atoms with Crippen LogP contribution < -0.4 is 0 Å². The number of carbonyl (C=O) groups is 1. The summed E-state index contributed by atoms with van der Waals surface area (Å²) in [5, 5.41) is 10.1. The summed E-state index contributed by atoms with van der Waals surface area (Å²) in [7, 11) is 1.83. The van der Waals surface area contributed by atoms with Gasteiger partial charge in [0.05, 0.1) is 25.1 Å². The van der Waals surface area contributed by atoms with E-state index in [1.165, 1.54) is 0 Å². The number of ether oxygens (including phenoxy) is 1. The number of hydrogen-bond acceptors (Lipinski definition) is 7. The molecule has 0 bridgehead atoms. The molecule has 3 aromatic heterocycles. The van der Waals surface area contributed by atoms with Crippen molar-refractivity contribution in [3.8, 4) is 11.4 Å². The second-order valence-electron chi connectivity index (χ2n) is 9.37. The summed E-state index contributed by atoms with van der Waals surface area (Å²) >= 11 is 0. The van der Waals surface area contributed by atoms with Crippen molar-refractivity contribution in [2.24, 2.45) is 18.4 Å². The van der Waals surface area contributed by atoms with Gasteiger partial charge in [-0.25, -0.2) is 0 Å². The van der Waals surface area contributed by atoms with Crippen molar-refractivity contribution in [2.75, 3.05) is 32.8 Å². The molecule has 2 aliphatic heterocycles. The predicted octanol–water partition coefficient (Wildman–Crippen LogP) is 2.29. The number of rotatable bonds is 6. The zero-order valence-electron chi connectivity index (χ0n) is 18.1. The quantitative estimate of drug-likeness (QED) is 0.605. The number of hydrogen-bond donors (Lipinski definition) is 0. The van der Waals surface area contributed by atoms with Crippen LogP contribution in [0, 0.1) is 11.3 Å². The molecule has 0 radical (unpaired) electrons. The van der Waals surface area contributed by atoms with Gasteiger partial charge in [-0.2, -0.15) is 0 Å².